The zero-order valence-corrected chi connectivity index (χ0v) is 13.7. The van der Waals surface area contributed by atoms with Gasteiger partial charge in [-0.1, -0.05) is 0 Å². The fraction of sp³-hybridized carbons (Fsp3) is 0.500. The van der Waals surface area contributed by atoms with E-state index >= 15 is 0 Å². The van der Waals surface area contributed by atoms with E-state index in [1.165, 1.54) is 0 Å². The summed E-state index contributed by atoms with van der Waals surface area (Å²) in [7, 11) is 0. The molecule has 0 aliphatic rings. The molecule has 2 unspecified atom stereocenters. The van der Waals surface area contributed by atoms with E-state index in [4.69, 9.17) is 11.6 Å². The minimum Gasteiger partial charge on any atom is -0.308 e. The van der Waals surface area contributed by atoms with Crippen LogP contribution in [0.5, 0.6) is 0 Å². The monoisotopic (exact) mass is 347 g/mol. The molecule has 0 N–H and O–H groups in total. The molecule has 2 atom stereocenters. The third-order valence-electron chi connectivity index (χ3n) is 2.73. The second-order valence-electron chi connectivity index (χ2n) is 4.26. The number of pyridine rings is 1. The van der Waals surface area contributed by atoms with E-state index in [-0.39, 0.29) is 5.38 Å². The Hall–Kier alpha value is -0.260. The number of alkyl halides is 1. The van der Waals surface area contributed by atoms with Crippen molar-refractivity contribution in [1.82, 2.24) is 14.5 Å². The predicted octanol–water partition coefficient (Wildman–Crippen LogP) is 4.42. The highest BCUT2D eigenvalue weighted by Gasteiger charge is 2.19. The summed E-state index contributed by atoms with van der Waals surface area (Å²) in [5.41, 5.74) is 1.79. The van der Waals surface area contributed by atoms with Crippen molar-refractivity contribution in [3.05, 3.63) is 22.6 Å². The van der Waals surface area contributed by atoms with Gasteiger partial charge in [-0.05, 0) is 42.1 Å². The van der Waals surface area contributed by atoms with Crippen LogP contribution >= 0.6 is 39.3 Å². The Balaban J connectivity index is 2.62. The van der Waals surface area contributed by atoms with Crippen molar-refractivity contribution < 1.29 is 0 Å². The normalized spacial score (nSPS) is 14.9. The lowest BCUT2D eigenvalue weighted by Crippen LogP contribution is -2.12. The first kappa shape index (κ1) is 14.2. The third kappa shape index (κ3) is 2.68. The van der Waals surface area contributed by atoms with E-state index in [9.17, 15) is 0 Å². The van der Waals surface area contributed by atoms with Gasteiger partial charge in [0.15, 0.2) is 5.65 Å². The largest absolute Gasteiger partial charge is 0.308 e. The lowest BCUT2D eigenvalue weighted by atomic mass is 10.3. The van der Waals surface area contributed by atoms with Gasteiger partial charge in [0.1, 0.15) is 11.3 Å². The van der Waals surface area contributed by atoms with Gasteiger partial charge in [0.05, 0.1) is 5.38 Å². The number of hydrogen-bond donors (Lipinski definition) is 0. The molecule has 0 aliphatic heterocycles. The molecule has 0 aromatic carbocycles. The highest BCUT2D eigenvalue weighted by Crippen LogP contribution is 2.29. The Labute approximate surface area is 124 Å². The van der Waals surface area contributed by atoms with Crippen LogP contribution in [0.25, 0.3) is 11.2 Å². The lowest BCUT2D eigenvalue weighted by molar-refractivity contribution is 0.589. The molecule has 0 aliphatic carbocycles. The van der Waals surface area contributed by atoms with E-state index in [0.717, 1.165) is 27.2 Å². The number of rotatable bonds is 4. The number of imidazole rings is 1. The van der Waals surface area contributed by atoms with Crippen LogP contribution in [0.4, 0.5) is 0 Å². The van der Waals surface area contributed by atoms with Crippen molar-refractivity contribution in [2.24, 2.45) is 0 Å². The molecule has 18 heavy (non-hydrogen) atoms. The zero-order valence-electron chi connectivity index (χ0n) is 10.5. The number of fused-ring (bicyclic) bond motifs is 1. The van der Waals surface area contributed by atoms with Gasteiger partial charge in [-0.15, -0.1) is 11.6 Å². The average molecular weight is 349 g/mol. The average Bonchev–Trinajstić information content (AvgIpc) is 2.67. The molecular weight excluding hydrogens is 334 g/mol. The van der Waals surface area contributed by atoms with Crippen LogP contribution < -0.4 is 0 Å². The summed E-state index contributed by atoms with van der Waals surface area (Å²) in [6.45, 7) is 4.12. The van der Waals surface area contributed by atoms with Gasteiger partial charge in [-0.25, -0.2) is 9.97 Å². The summed E-state index contributed by atoms with van der Waals surface area (Å²) in [6, 6.07) is 2.31. The Kier molecular flexibility index (Phi) is 4.56. The van der Waals surface area contributed by atoms with Gasteiger partial charge >= 0.3 is 0 Å². The fourth-order valence-corrected chi connectivity index (χ4v) is 3.11. The topological polar surface area (TPSA) is 30.7 Å². The molecular formula is C12H15BrClN3S. The first-order valence-electron chi connectivity index (χ1n) is 5.71. The van der Waals surface area contributed by atoms with Crippen LogP contribution in [-0.4, -0.2) is 26.5 Å². The standard InChI is InChI=1S/C12H15BrClN3S/c1-7(6-18-3)17-11(8(2)14)16-10-4-9(13)5-15-12(10)17/h4-5,7-8H,6H2,1-3H3. The Morgan fingerprint density at radius 2 is 2.22 bits per heavy atom. The molecule has 2 aromatic rings. The van der Waals surface area contributed by atoms with Crippen molar-refractivity contribution in [3.8, 4) is 0 Å². The summed E-state index contributed by atoms with van der Waals surface area (Å²) < 4.78 is 3.08. The summed E-state index contributed by atoms with van der Waals surface area (Å²) in [5.74, 6) is 1.90. The highest BCUT2D eigenvalue weighted by atomic mass is 79.9. The highest BCUT2D eigenvalue weighted by molar-refractivity contribution is 9.10. The van der Waals surface area contributed by atoms with Crippen molar-refractivity contribution in [3.63, 3.8) is 0 Å². The smallest absolute Gasteiger partial charge is 0.160 e. The second-order valence-corrected chi connectivity index (χ2v) is 6.74. The van der Waals surface area contributed by atoms with Crippen molar-refractivity contribution in [2.75, 3.05) is 12.0 Å². The molecule has 2 aromatic heterocycles. The minimum absolute atomic E-state index is 0.123. The van der Waals surface area contributed by atoms with Crippen molar-refractivity contribution >= 4 is 50.5 Å². The van der Waals surface area contributed by atoms with Crippen molar-refractivity contribution in [2.45, 2.75) is 25.3 Å². The maximum atomic E-state index is 6.23. The summed E-state index contributed by atoms with van der Waals surface area (Å²) in [6.07, 6.45) is 3.90. The van der Waals surface area contributed by atoms with Crippen molar-refractivity contribution in [1.29, 1.82) is 0 Å². The summed E-state index contributed by atoms with van der Waals surface area (Å²) in [5, 5.41) is -0.123. The number of nitrogens with zero attached hydrogens (tertiary/aromatic N) is 3. The number of hydrogen-bond acceptors (Lipinski definition) is 3. The van der Waals surface area contributed by atoms with Crippen LogP contribution in [0.1, 0.15) is 31.1 Å². The van der Waals surface area contributed by atoms with E-state index in [0.29, 0.717) is 6.04 Å². The second kappa shape index (κ2) is 5.80. The number of aromatic nitrogens is 3. The third-order valence-corrected chi connectivity index (χ3v) is 4.17. The van der Waals surface area contributed by atoms with E-state index in [1.54, 1.807) is 6.20 Å². The molecule has 0 amide bonds. The molecule has 98 valence electrons. The summed E-state index contributed by atoms with van der Waals surface area (Å²) >= 11 is 11.5. The quantitative estimate of drug-likeness (QED) is 0.766. The van der Waals surface area contributed by atoms with Crippen LogP contribution in [0.15, 0.2) is 16.7 Å². The van der Waals surface area contributed by atoms with Crippen LogP contribution in [0, 0.1) is 0 Å². The molecule has 2 heterocycles. The summed E-state index contributed by atoms with van der Waals surface area (Å²) in [4.78, 5) is 9.08. The molecule has 3 nitrogen and oxygen atoms in total. The number of thioether (sulfide) groups is 1. The Morgan fingerprint density at radius 1 is 1.50 bits per heavy atom. The van der Waals surface area contributed by atoms with Gasteiger partial charge in [-0.3, -0.25) is 0 Å². The zero-order chi connectivity index (χ0) is 13.3. The van der Waals surface area contributed by atoms with Crippen LogP contribution in [-0.2, 0) is 0 Å². The van der Waals surface area contributed by atoms with Crippen LogP contribution in [0.2, 0.25) is 0 Å². The first-order valence-corrected chi connectivity index (χ1v) is 8.33. The van der Waals surface area contributed by atoms with Gasteiger partial charge in [0.2, 0.25) is 0 Å². The minimum atomic E-state index is -0.123. The molecule has 0 fully saturated rings. The maximum absolute atomic E-state index is 6.23. The molecule has 0 saturated heterocycles. The predicted molar refractivity (Wildman–Crippen MR) is 82.6 cm³/mol. The molecule has 0 saturated carbocycles. The van der Waals surface area contributed by atoms with Gasteiger partial charge < -0.3 is 4.57 Å². The van der Waals surface area contributed by atoms with Gasteiger partial charge in [0, 0.05) is 22.5 Å². The van der Waals surface area contributed by atoms with E-state index in [2.05, 4.69) is 43.6 Å². The van der Waals surface area contributed by atoms with Gasteiger partial charge in [0.25, 0.3) is 0 Å². The van der Waals surface area contributed by atoms with Crippen LogP contribution in [0.3, 0.4) is 0 Å². The van der Waals surface area contributed by atoms with E-state index < -0.39 is 0 Å². The first-order chi connectivity index (χ1) is 8.54. The lowest BCUT2D eigenvalue weighted by Gasteiger charge is -2.16. The maximum Gasteiger partial charge on any atom is 0.160 e. The SMILES string of the molecule is CSCC(C)n1c(C(C)Cl)nc2cc(Br)cnc21. The van der Waals surface area contributed by atoms with E-state index in [1.807, 2.05) is 24.8 Å². The molecule has 2 rings (SSSR count). The molecule has 0 radical (unpaired) electrons. The van der Waals surface area contributed by atoms with Gasteiger partial charge in [-0.2, -0.15) is 11.8 Å². The Morgan fingerprint density at radius 3 is 2.83 bits per heavy atom. The Bertz CT molecular complexity index is 555. The fourth-order valence-electron chi connectivity index (χ4n) is 2.01. The molecule has 6 heteroatoms. The molecule has 0 bridgehead atoms. The number of halogens is 2. The molecule has 0 spiro atoms.